The van der Waals surface area contributed by atoms with Crippen molar-refractivity contribution in [1.29, 1.82) is 0 Å². The van der Waals surface area contributed by atoms with Gasteiger partial charge in [-0.3, -0.25) is 4.79 Å². The Bertz CT molecular complexity index is 169. The molecule has 0 heterocycles. The fraction of sp³-hybridized carbons (Fsp3) is 0.889. The molecule has 0 fully saturated rings. The van der Waals surface area contributed by atoms with Crippen LogP contribution in [0.2, 0.25) is 0 Å². The Labute approximate surface area is 91.8 Å². The molecule has 0 unspecified atom stereocenters. The molecule has 4 N–H and O–H groups in total. The molecule has 0 saturated heterocycles. The van der Waals surface area contributed by atoms with Gasteiger partial charge in [0, 0.05) is 19.0 Å². The lowest BCUT2D eigenvalue weighted by Gasteiger charge is -2.19. The average molecular weight is 225 g/mol. The second kappa shape index (κ2) is 7.04. The predicted octanol–water partition coefficient (Wildman–Crippen LogP) is 0.816. The first-order valence-electron chi connectivity index (χ1n) is 4.52. The van der Waals surface area contributed by atoms with Crippen molar-refractivity contribution in [2.45, 2.75) is 45.3 Å². The minimum absolute atomic E-state index is 0. The van der Waals surface area contributed by atoms with Crippen molar-refractivity contribution >= 4 is 18.4 Å². The molecule has 0 aromatic heterocycles. The number of ether oxygens (including phenoxy) is 1. The van der Waals surface area contributed by atoms with E-state index in [0.717, 1.165) is 0 Å². The molecule has 14 heavy (non-hydrogen) atoms. The van der Waals surface area contributed by atoms with Crippen molar-refractivity contribution in [1.82, 2.24) is 0 Å². The Morgan fingerprint density at radius 2 is 1.93 bits per heavy atom. The van der Waals surface area contributed by atoms with E-state index in [-0.39, 0.29) is 24.4 Å². The normalized spacial score (nSPS) is 12.9. The number of hydrogen-bond acceptors (Lipinski definition) is 4. The number of rotatable bonds is 4. The Morgan fingerprint density at radius 1 is 1.43 bits per heavy atom. The molecule has 0 spiro atoms. The van der Waals surface area contributed by atoms with Gasteiger partial charge < -0.3 is 16.2 Å². The summed E-state index contributed by atoms with van der Waals surface area (Å²) in [7, 11) is 0. The molecule has 5 heteroatoms. The zero-order valence-electron chi connectivity index (χ0n) is 9.08. The smallest absolute Gasteiger partial charge is 0.306 e. The molecule has 0 aliphatic heterocycles. The first kappa shape index (κ1) is 16.1. The van der Waals surface area contributed by atoms with Gasteiger partial charge in [0.2, 0.25) is 0 Å². The first-order valence-corrected chi connectivity index (χ1v) is 4.52. The van der Waals surface area contributed by atoms with Gasteiger partial charge in [-0.1, -0.05) is 0 Å². The number of carbonyl (C=O) groups is 1. The van der Waals surface area contributed by atoms with Crippen LogP contribution >= 0.6 is 12.4 Å². The van der Waals surface area contributed by atoms with Gasteiger partial charge in [0.1, 0.15) is 5.60 Å². The average Bonchev–Trinajstić information content (AvgIpc) is 1.97. The Morgan fingerprint density at radius 3 is 2.29 bits per heavy atom. The molecule has 0 aromatic carbocycles. The molecule has 4 nitrogen and oxygen atoms in total. The van der Waals surface area contributed by atoms with E-state index in [2.05, 4.69) is 0 Å². The van der Waals surface area contributed by atoms with E-state index >= 15 is 0 Å². The molecule has 86 valence electrons. The van der Waals surface area contributed by atoms with Crippen LogP contribution in [0.1, 0.15) is 33.6 Å². The summed E-state index contributed by atoms with van der Waals surface area (Å²) in [6, 6.07) is -0.104. The Balaban J connectivity index is 0. The summed E-state index contributed by atoms with van der Waals surface area (Å²) in [6.07, 6.45) is 0.932. The molecule has 1 atom stereocenters. The van der Waals surface area contributed by atoms with Crippen LogP contribution in [-0.4, -0.2) is 24.2 Å². The van der Waals surface area contributed by atoms with Crippen LogP contribution in [-0.2, 0) is 9.53 Å². The van der Waals surface area contributed by atoms with E-state index in [1.54, 1.807) is 0 Å². The van der Waals surface area contributed by atoms with Gasteiger partial charge in [-0.2, -0.15) is 0 Å². The van der Waals surface area contributed by atoms with Crippen LogP contribution in [0, 0.1) is 0 Å². The summed E-state index contributed by atoms with van der Waals surface area (Å²) in [5, 5.41) is 0. The lowest BCUT2D eigenvalue weighted by molar-refractivity contribution is -0.155. The monoisotopic (exact) mass is 224 g/mol. The van der Waals surface area contributed by atoms with Gasteiger partial charge in [0.15, 0.2) is 0 Å². The molecule has 0 rings (SSSR count). The summed E-state index contributed by atoms with van der Waals surface area (Å²) in [5.74, 6) is -0.212. The van der Waals surface area contributed by atoms with Gasteiger partial charge in [-0.25, -0.2) is 0 Å². The maximum atomic E-state index is 11.2. The highest BCUT2D eigenvalue weighted by molar-refractivity contribution is 5.85. The van der Waals surface area contributed by atoms with E-state index in [0.29, 0.717) is 19.4 Å². The van der Waals surface area contributed by atoms with Crippen molar-refractivity contribution in [2.24, 2.45) is 11.5 Å². The molecule has 0 aliphatic rings. The molecule has 0 saturated carbocycles. The SMILES string of the molecule is CC(C)(C)OC(=O)CC[C@H](N)CN.Cl. The highest BCUT2D eigenvalue weighted by atomic mass is 35.5. The molecular formula is C9H21ClN2O2. The van der Waals surface area contributed by atoms with Gasteiger partial charge in [0.25, 0.3) is 0 Å². The van der Waals surface area contributed by atoms with Crippen LogP contribution in [0.25, 0.3) is 0 Å². The fourth-order valence-electron chi connectivity index (χ4n) is 0.814. The van der Waals surface area contributed by atoms with Crippen LogP contribution in [0.3, 0.4) is 0 Å². The lowest BCUT2D eigenvalue weighted by Crippen LogP contribution is -2.31. The van der Waals surface area contributed by atoms with Crippen LogP contribution in [0.15, 0.2) is 0 Å². The number of hydrogen-bond donors (Lipinski definition) is 2. The van der Waals surface area contributed by atoms with Crippen molar-refractivity contribution in [3.8, 4) is 0 Å². The molecular weight excluding hydrogens is 204 g/mol. The van der Waals surface area contributed by atoms with E-state index in [1.807, 2.05) is 20.8 Å². The van der Waals surface area contributed by atoms with Crippen LogP contribution in [0.5, 0.6) is 0 Å². The third kappa shape index (κ3) is 9.77. The summed E-state index contributed by atoms with van der Waals surface area (Å²) >= 11 is 0. The summed E-state index contributed by atoms with van der Waals surface area (Å²) < 4.78 is 5.10. The second-order valence-corrected chi connectivity index (χ2v) is 4.12. The molecule has 0 aliphatic carbocycles. The third-order valence-corrected chi connectivity index (χ3v) is 1.44. The summed E-state index contributed by atoms with van der Waals surface area (Å²) in [4.78, 5) is 11.2. The van der Waals surface area contributed by atoms with Crippen molar-refractivity contribution in [3.63, 3.8) is 0 Å². The van der Waals surface area contributed by atoms with Crippen molar-refractivity contribution < 1.29 is 9.53 Å². The number of halogens is 1. The molecule has 0 aromatic rings. The van der Waals surface area contributed by atoms with Gasteiger partial charge in [0.05, 0.1) is 0 Å². The molecule has 0 radical (unpaired) electrons. The number of esters is 1. The standard InChI is InChI=1S/C9H20N2O2.ClH/c1-9(2,3)13-8(12)5-4-7(11)6-10;/h7H,4-6,10-11H2,1-3H3;1H/t7-;/m0./s1. The minimum Gasteiger partial charge on any atom is -0.460 e. The van der Waals surface area contributed by atoms with Crippen LogP contribution in [0.4, 0.5) is 0 Å². The Kier molecular flexibility index (Phi) is 8.10. The largest absolute Gasteiger partial charge is 0.460 e. The summed E-state index contributed by atoms with van der Waals surface area (Å²) in [5.41, 5.74) is 10.4. The Hall–Kier alpha value is -0.320. The van der Waals surface area contributed by atoms with Crippen LogP contribution < -0.4 is 11.5 Å². The third-order valence-electron chi connectivity index (χ3n) is 1.44. The summed E-state index contributed by atoms with van der Waals surface area (Å²) in [6.45, 7) is 5.93. The number of nitrogens with two attached hydrogens (primary N) is 2. The van der Waals surface area contributed by atoms with E-state index in [9.17, 15) is 4.79 Å². The number of carbonyl (C=O) groups excluding carboxylic acids is 1. The first-order chi connectivity index (χ1) is 5.85. The topological polar surface area (TPSA) is 78.3 Å². The van der Waals surface area contributed by atoms with E-state index in [4.69, 9.17) is 16.2 Å². The van der Waals surface area contributed by atoms with E-state index < -0.39 is 5.60 Å². The molecule has 0 bridgehead atoms. The highest BCUT2D eigenvalue weighted by Gasteiger charge is 2.16. The van der Waals surface area contributed by atoms with Gasteiger partial charge in [-0.15, -0.1) is 12.4 Å². The quantitative estimate of drug-likeness (QED) is 0.693. The maximum Gasteiger partial charge on any atom is 0.306 e. The zero-order valence-corrected chi connectivity index (χ0v) is 9.89. The van der Waals surface area contributed by atoms with Crippen molar-refractivity contribution in [2.75, 3.05) is 6.54 Å². The maximum absolute atomic E-state index is 11.2. The van der Waals surface area contributed by atoms with E-state index in [1.165, 1.54) is 0 Å². The van der Waals surface area contributed by atoms with Gasteiger partial charge in [-0.05, 0) is 27.2 Å². The predicted molar refractivity (Wildman–Crippen MR) is 59.4 cm³/mol. The van der Waals surface area contributed by atoms with Gasteiger partial charge >= 0.3 is 5.97 Å². The second-order valence-electron chi connectivity index (χ2n) is 4.12. The lowest BCUT2D eigenvalue weighted by atomic mass is 10.1. The molecule has 0 amide bonds. The highest BCUT2D eigenvalue weighted by Crippen LogP contribution is 2.09. The zero-order chi connectivity index (χ0) is 10.5. The van der Waals surface area contributed by atoms with Crippen molar-refractivity contribution in [3.05, 3.63) is 0 Å². The fourth-order valence-corrected chi connectivity index (χ4v) is 0.814. The minimum atomic E-state index is -0.413.